The highest BCUT2D eigenvalue weighted by Gasteiger charge is 2.14. The summed E-state index contributed by atoms with van der Waals surface area (Å²) in [6.07, 6.45) is -0.187. The van der Waals surface area contributed by atoms with Crippen LogP contribution < -0.4 is 10.1 Å². The molecule has 1 aromatic heterocycles. The summed E-state index contributed by atoms with van der Waals surface area (Å²) in [5.74, 6) is 0.0876. The average Bonchev–Trinajstić information content (AvgIpc) is 2.25. The molecule has 2 N–H and O–H groups in total. The van der Waals surface area contributed by atoms with Gasteiger partial charge < -0.3 is 15.2 Å². The zero-order valence-corrected chi connectivity index (χ0v) is 10.0. The van der Waals surface area contributed by atoms with E-state index in [4.69, 9.17) is 21.4 Å². The monoisotopic (exact) mass is 275 g/mol. The smallest absolute Gasteiger partial charge is 0.404 e. The van der Waals surface area contributed by atoms with Gasteiger partial charge in [-0.25, -0.2) is 9.78 Å². The standard InChI is InChI=1S/C9H10ClN3O5/c1-5(12-9(14)15)4-18-8-2-6(10)7(3-11-8)13(16)17/h2-3,5,12H,4H2,1H3,(H,14,15)/t5-/m0/s1. The van der Waals surface area contributed by atoms with Crippen molar-refractivity contribution in [2.24, 2.45) is 0 Å². The van der Waals surface area contributed by atoms with Crippen LogP contribution >= 0.6 is 11.6 Å². The minimum Gasteiger partial charge on any atom is -0.475 e. The van der Waals surface area contributed by atoms with Gasteiger partial charge in [0.2, 0.25) is 5.88 Å². The molecule has 0 radical (unpaired) electrons. The van der Waals surface area contributed by atoms with Crippen LogP contribution in [0.15, 0.2) is 12.3 Å². The number of hydrogen-bond donors (Lipinski definition) is 2. The Kier molecular flexibility index (Phi) is 4.67. The van der Waals surface area contributed by atoms with Crippen molar-refractivity contribution in [3.8, 4) is 5.88 Å². The van der Waals surface area contributed by atoms with Crippen LogP contribution in [0.2, 0.25) is 5.02 Å². The summed E-state index contributed by atoms with van der Waals surface area (Å²) in [5.41, 5.74) is -0.319. The van der Waals surface area contributed by atoms with E-state index in [1.54, 1.807) is 6.92 Å². The number of carbonyl (C=O) groups is 1. The first-order valence-corrected chi connectivity index (χ1v) is 5.20. The second kappa shape index (κ2) is 6.01. The molecular weight excluding hydrogens is 266 g/mol. The van der Waals surface area contributed by atoms with Gasteiger partial charge in [0.1, 0.15) is 17.8 Å². The van der Waals surface area contributed by atoms with E-state index in [1.807, 2.05) is 0 Å². The number of carboxylic acid groups (broad SMARTS) is 1. The van der Waals surface area contributed by atoms with Crippen molar-refractivity contribution < 1.29 is 19.6 Å². The second-order valence-corrected chi connectivity index (χ2v) is 3.80. The van der Waals surface area contributed by atoms with Crippen molar-refractivity contribution >= 4 is 23.4 Å². The highest BCUT2D eigenvalue weighted by Crippen LogP contribution is 2.25. The largest absolute Gasteiger partial charge is 0.475 e. The maximum Gasteiger partial charge on any atom is 0.404 e. The fourth-order valence-electron chi connectivity index (χ4n) is 1.08. The fraction of sp³-hybridized carbons (Fsp3) is 0.333. The summed E-state index contributed by atoms with van der Waals surface area (Å²) >= 11 is 5.65. The van der Waals surface area contributed by atoms with Gasteiger partial charge in [-0.15, -0.1) is 0 Å². The first-order chi connectivity index (χ1) is 8.40. The number of amides is 1. The number of aromatic nitrogens is 1. The van der Waals surface area contributed by atoms with Crippen LogP contribution in [-0.2, 0) is 0 Å². The van der Waals surface area contributed by atoms with Crippen molar-refractivity contribution in [2.45, 2.75) is 13.0 Å². The van der Waals surface area contributed by atoms with Gasteiger partial charge in [-0.3, -0.25) is 10.1 Å². The minimum atomic E-state index is -1.17. The molecule has 0 saturated carbocycles. The van der Waals surface area contributed by atoms with E-state index in [2.05, 4.69) is 10.3 Å². The second-order valence-electron chi connectivity index (χ2n) is 3.39. The zero-order valence-electron chi connectivity index (χ0n) is 9.29. The number of hydrogen-bond acceptors (Lipinski definition) is 5. The molecule has 1 atom stereocenters. The molecule has 1 heterocycles. The van der Waals surface area contributed by atoms with Gasteiger partial charge in [-0.1, -0.05) is 11.6 Å². The molecule has 0 fully saturated rings. The van der Waals surface area contributed by atoms with Crippen LogP contribution in [-0.4, -0.2) is 33.8 Å². The molecule has 1 aromatic rings. The van der Waals surface area contributed by atoms with Crippen molar-refractivity contribution in [1.82, 2.24) is 10.3 Å². The van der Waals surface area contributed by atoms with E-state index in [-0.39, 0.29) is 23.2 Å². The van der Waals surface area contributed by atoms with E-state index < -0.39 is 17.1 Å². The van der Waals surface area contributed by atoms with Gasteiger partial charge in [0.25, 0.3) is 0 Å². The number of rotatable bonds is 5. The first-order valence-electron chi connectivity index (χ1n) is 4.82. The molecule has 0 aromatic carbocycles. The molecule has 0 spiro atoms. The van der Waals surface area contributed by atoms with Gasteiger partial charge in [-0.2, -0.15) is 0 Å². The normalized spacial score (nSPS) is 11.7. The molecule has 0 aliphatic rings. The fourth-order valence-corrected chi connectivity index (χ4v) is 1.29. The van der Waals surface area contributed by atoms with E-state index in [0.29, 0.717) is 0 Å². The Morgan fingerprint density at radius 1 is 1.78 bits per heavy atom. The lowest BCUT2D eigenvalue weighted by Gasteiger charge is -2.12. The molecule has 1 rings (SSSR count). The molecule has 9 heteroatoms. The molecule has 1 amide bonds. The number of pyridine rings is 1. The summed E-state index contributed by atoms with van der Waals surface area (Å²) in [6, 6.07) is 0.756. The van der Waals surface area contributed by atoms with Crippen molar-refractivity contribution in [1.29, 1.82) is 0 Å². The molecule has 0 bridgehead atoms. The Labute approximate surface area is 107 Å². The summed E-state index contributed by atoms with van der Waals surface area (Å²) in [7, 11) is 0. The van der Waals surface area contributed by atoms with Gasteiger partial charge >= 0.3 is 11.8 Å². The van der Waals surface area contributed by atoms with Gasteiger partial charge in [0.05, 0.1) is 11.0 Å². The topological polar surface area (TPSA) is 115 Å². The third-order valence-corrected chi connectivity index (χ3v) is 2.16. The van der Waals surface area contributed by atoms with Gasteiger partial charge in [-0.05, 0) is 6.92 Å². The van der Waals surface area contributed by atoms with Gasteiger partial charge in [0, 0.05) is 6.07 Å². The SMILES string of the molecule is C[C@@H](COc1cc(Cl)c([N+](=O)[O-])cn1)NC(=O)O. The van der Waals surface area contributed by atoms with Gasteiger partial charge in [0.15, 0.2) is 0 Å². The quantitative estimate of drug-likeness (QED) is 0.624. The molecule has 8 nitrogen and oxygen atoms in total. The Bertz CT molecular complexity index is 468. The number of nitrogens with one attached hydrogen (secondary N) is 1. The van der Waals surface area contributed by atoms with Crippen LogP contribution in [0.1, 0.15) is 6.92 Å². The third-order valence-electron chi connectivity index (χ3n) is 1.86. The maximum absolute atomic E-state index is 10.5. The third kappa shape index (κ3) is 4.06. The predicted octanol–water partition coefficient (Wildman–Crippen LogP) is 1.68. The highest BCUT2D eigenvalue weighted by atomic mass is 35.5. The molecule has 18 heavy (non-hydrogen) atoms. The Morgan fingerprint density at radius 3 is 2.94 bits per heavy atom. The Balaban J connectivity index is 2.61. The van der Waals surface area contributed by atoms with Crippen molar-refractivity contribution in [3.05, 3.63) is 27.4 Å². The lowest BCUT2D eigenvalue weighted by molar-refractivity contribution is -0.385. The minimum absolute atomic E-state index is 0.0352. The van der Waals surface area contributed by atoms with Crippen LogP contribution in [0.5, 0.6) is 5.88 Å². The zero-order chi connectivity index (χ0) is 13.7. The highest BCUT2D eigenvalue weighted by molar-refractivity contribution is 6.32. The van der Waals surface area contributed by atoms with Crippen LogP contribution in [0, 0.1) is 10.1 Å². The molecule has 0 aliphatic carbocycles. The Hall–Kier alpha value is -2.09. The van der Waals surface area contributed by atoms with E-state index in [0.717, 1.165) is 6.20 Å². The van der Waals surface area contributed by atoms with Crippen LogP contribution in [0.4, 0.5) is 10.5 Å². The summed E-state index contributed by atoms with van der Waals surface area (Å²) in [4.78, 5) is 23.8. The van der Waals surface area contributed by atoms with Crippen LogP contribution in [0.25, 0.3) is 0 Å². The molecule has 0 aliphatic heterocycles. The van der Waals surface area contributed by atoms with Crippen molar-refractivity contribution in [2.75, 3.05) is 6.61 Å². The Morgan fingerprint density at radius 2 is 2.44 bits per heavy atom. The van der Waals surface area contributed by atoms with Crippen molar-refractivity contribution in [3.63, 3.8) is 0 Å². The number of ether oxygens (including phenoxy) is 1. The summed E-state index contributed by atoms with van der Waals surface area (Å²) in [5, 5.41) is 21.0. The summed E-state index contributed by atoms with van der Waals surface area (Å²) in [6.45, 7) is 1.63. The lowest BCUT2D eigenvalue weighted by atomic mass is 10.4. The molecule has 0 saturated heterocycles. The summed E-state index contributed by atoms with van der Waals surface area (Å²) < 4.78 is 5.14. The van der Waals surface area contributed by atoms with E-state index in [1.165, 1.54) is 6.07 Å². The van der Waals surface area contributed by atoms with Crippen LogP contribution in [0.3, 0.4) is 0 Å². The predicted molar refractivity (Wildman–Crippen MR) is 62.0 cm³/mol. The first kappa shape index (κ1) is 14.0. The molecule has 98 valence electrons. The van der Waals surface area contributed by atoms with E-state index in [9.17, 15) is 14.9 Å². The molecular formula is C9H10ClN3O5. The number of halogens is 1. The average molecular weight is 276 g/mol. The molecule has 0 unspecified atom stereocenters. The number of nitrogens with zero attached hydrogens (tertiary/aromatic N) is 2. The van der Waals surface area contributed by atoms with E-state index >= 15 is 0 Å². The number of nitro groups is 1. The lowest BCUT2D eigenvalue weighted by Crippen LogP contribution is -2.35. The maximum atomic E-state index is 10.5.